The Bertz CT molecular complexity index is 227. The molecular weight excluding hydrogens is 184 g/mol. The molecule has 0 aromatic carbocycles. The lowest BCUT2D eigenvalue weighted by molar-refractivity contribution is 0.407. The predicted molar refractivity (Wildman–Crippen MR) is 63.4 cm³/mol. The van der Waals surface area contributed by atoms with E-state index in [4.69, 9.17) is 5.26 Å². The lowest BCUT2D eigenvalue weighted by atomic mass is 9.91. The lowest BCUT2D eigenvalue weighted by Crippen LogP contribution is -2.26. The highest BCUT2D eigenvalue weighted by Crippen LogP contribution is 2.29. The number of hydrogen-bond donors (Lipinski definition) is 1. The molecular formula is C13H24N2. The first-order valence-electron chi connectivity index (χ1n) is 6.15. The average Bonchev–Trinajstić information content (AvgIpc) is 2.59. The van der Waals surface area contributed by atoms with Gasteiger partial charge in [0.2, 0.25) is 0 Å². The van der Waals surface area contributed by atoms with Gasteiger partial charge < -0.3 is 5.32 Å². The molecule has 1 rings (SSSR count). The average molecular weight is 208 g/mol. The van der Waals surface area contributed by atoms with Crippen molar-refractivity contribution in [3.8, 4) is 6.07 Å². The second-order valence-electron chi connectivity index (χ2n) is 5.73. The number of nitrogens with one attached hydrogen (secondary N) is 1. The van der Waals surface area contributed by atoms with Crippen molar-refractivity contribution in [1.82, 2.24) is 5.32 Å². The zero-order valence-corrected chi connectivity index (χ0v) is 10.3. The smallest absolute Gasteiger partial charge is 0.0684 e. The number of hydrogen-bond acceptors (Lipinski definition) is 2. The van der Waals surface area contributed by atoms with Crippen molar-refractivity contribution in [3.05, 3.63) is 0 Å². The van der Waals surface area contributed by atoms with Crippen LogP contribution in [0.25, 0.3) is 0 Å². The molecule has 0 bridgehead atoms. The second kappa shape index (κ2) is 5.51. The van der Waals surface area contributed by atoms with Crippen LogP contribution in [0.15, 0.2) is 0 Å². The van der Waals surface area contributed by atoms with E-state index in [0.29, 0.717) is 0 Å². The fourth-order valence-electron chi connectivity index (χ4n) is 2.27. The standard InChI is InChI=1S/C13H24N2/c1-11-4-5-12(8-11)9-15-7-6-13(2,3)10-14/h11-12,15H,4-9H2,1-3H3. The third kappa shape index (κ3) is 4.66. The van der Waals surface area contributed by atoms with Gasteiger partial charge in [-0.1, -0.05) is 13.3 Å². The molecule has 0 radical (unpaired) electrons. The molecule has 1 aliphatic rings. The Hall–Kier alpha value is -0.550. The molecule has 1 saturated carbocycles. The Kier molecular flexibility index (Phi) is 4.60. The summed E-state index contributed by atoms with van der Waals surface area (Å²) in [6, 6.07) is 2.34. The molecule has 2 heteroatoms. The first-order valence-corrected chi connectivity index (χ1v) is 6.15. The normalized spacial score (nSPS) is 26.5. The van der Waals surface area contributed by atoms with Crippen molar-refractivity contribution in [1.29, 1.82) is 5.26 Å². The van der Waals surface area contributed by atoms with Crippen LogP contribution >= 0.6 is 0 Å². The minimum atomic E-state index is -0.171. The van der Waals surface area contributed by atoms with Gasteiger partial charge in [0.25, 0.3) is 0 Å². The summed E-state index contributed by atoms with van der Waals surface area (Å²) in [5, 5.41) is 12.3. The molecule has 0 aromatic rings. The summed E-state index contributed by atoms with van der Waals surface area (Å²) >= 11 is 0. The fraction of sp³-hybridized carbons (Fsp3) is 0.923. The van der Waals surface area contributed by atoms with Crippen molar-refractivity contribution < 1.29 is 0 Å². The van der Waals surface area contributed by atoms with Crippen molar-refractivity contribution in [2.75, 3.05) is 13.1 Å². The second-order valence-corrected chi connectivity index (χ2v) is 5.73. The summed E-state index contributed by atoms with van der Waals surface area (Å²) < 4.78 is 0. The van der Waals surface area contributed by atoms with Crippen LogP contribution in [0.5, 0.6) is 0 Å². The third-order valence-electron chi connectivity index (χ3n) is 3.47. The molecule has 1 fully saturated rings. The maximum atomic E-state index is 8.86. The molecule has 0 amide bonds. The molecule has 0 aromatic heterocycles. The van der Waals surface area contributed by atoms with Gasteiger partial charge in [-0.2, -0.15) is 5.26 Å². The molecule has 1 N–H and O–H groups in total. The van der Waals surface area contributed by atoms with Gasteiger partial charge in [0.15, 0.2) is 0 Å². The van der Waals surface area contributed by atoms with E-state index in [2.05, 4.69) is 18.3 Å². The Morgan fingerprint density at radius 2 is 2.13 bits per heavy atom. The Balaban J connectivity index is 2.05. The molecule has 0 spiro atoms. The van der Waals surface area contributed by atoms with Gasteiger partial charge in [-0.05, 0) is 58.0 Å². The first-order chi connectivity index (χ1) is 7.03. The van der Waals surface area contributed by atoms with Crippen LogP contribution in [-0.4, -0.2) is 13.1 Å². The molecule has 0 heterocycles. The van der Waals surface area contributed by atoms with E-state index < -0.39 is 0 Å². The highest BCUT2D eigenvalue weighted by atomic mass is 14.9. The van der Waals surface area contributed by atoms with Crippen LogP contribution in [0, 0.1) is 28.6 Å². The van der Waals surface area contributed by atoms with Gasteiger partial charge in [0, 0.05) is 0 Å². The molecule has 1 aliphatic carbocycles. The summed E-state index contributed by atoms with van der Waals surface area (Å²) in [6.07, 6.45) is 5.12. The van der Waals surface area contributed by atoms with Crippen molar-refractivity contribution in [2.24, 2.45) is 17.3 Å². The largest absolute Gasteiger partial charge is 0.316 e. The number of nitriles is 1. The maximum absolute atomic E-state index is 8.86. The molecule has 2 atom stereocenters. The zero-order chi connectivity index (χ0) is 11.3. The minimum absolute atomic E-state index is 0.171. The molecule has 15 heavy (non-hydrogen) atoms. The molecule has 2 nitrogen and oxygen atoms in total. The SMILES string of the molecule is CC1CCC(CNCCC(C)(C)C#N)C1. The number of rotatable bonds is 5. The van der Waals surface area contributed by atoms with Gasteiger partial charge >= 0.3 is 0 Å². The van der Waals surface area contributed by atoms with Crippen molar-refractivity contribution >= 4 is 0 Å². The summed E-state index contributed by atoms with van der Waals surface area (Å²) in [5.74, 6) is 1.80. The first kappa shape index (κ1) is 12.5. The predicted octanol–water partition coefficient (Wildman–Crippen LogP) is 2.95. The Morgan fingerprint density at radius 1 is 1.40 bits per heavy atom. The van der Waals surface area contributed by atoms with Crippen molar-refractivity contribution in [3.63, 3.8) is 0 Å². The lowest BCUT2D eigenvalue weighted by Gasteiger charge is -2.16. The van der Waals surface area contributed by atoms with Crippen molar-refractivity contribution in [2.45, 2.75) is 46.5 Å². The van der Waals surface area contributed by atoms with Gasteiger partial charge in [-0.25, -0.2) is 0 Å². The van der Waals surface area contributed by atoms with Crippen LogP contribution in [0.1, 0.15) is 46.5 Å². The quantitative estimate of drug-likeness (QED) is 0.705. The molecule has 2 unspecified atom stereocenters. The molecule has 0 aliphatic heterocycles. The Morgan fingerprint density at radius 3 is 2.67 bits per heavy atom. The van der Waals surface area contributed by atoms with E-state index in [-0.39, 0.29) is 5.41 Å². The summed E-state index contributed by atoms with van der Waals surface area (Å²) in [4.78, 5) is 0. The van der Waals surface area contributed by atoms with Crippen LogP contribution in [-0.2, 0) is 0 Å². The van der Waals surface area contributed by atoms with Gasteiger partial charge in [-0.15, -0.1) is 0 Å². The highest BCUT2D eigenvalue weighted by molar-refractivity contribution is 4.91. The third-order valence-corrected chi connectivity index (χ3v) is 3.47. The summed E-state index contributed by atoms with van der Waals surface area (Å²) in [6.45, 7) is 8.48. The maximum Gasteiger partial charge on any atom is 0.0684 e. The summed E-state index contributed by atoms with van der Waals surface area (Å²) in [5.41, 5.74) is -0.171. The van der Waals surface area contributed by atoms with E-state index in [9.17, 15) is 0 Å². The van der Waals surface area contributed by atoms with Gasteiger partial charge in [0.1, 0.15) is 0 Å². The van der Waals surface area contributed by atoms with Crippen LogP contribution in [0.4, 0.5) is 0 Å². The van der Waals surface area contributed by atoms with E-state index >= 15 is 0 Å². The van der Waals surface area contributed by atoms with Crippen LogP contribution in [0.2, 0.25) is 0 Å². The van der Waals surface area contributed by atoms with Crippen LogP contribution in [0.3, 0.4) is 0 Å². The fourth-order valence-corrected chi connectivity index (χ4v) is 2.27. The minimum Gasteiger partial charge on any atom is -0.316 e. The summed E-state index contributed by atoms with van der Waals surface area (Å²) in [7, 11) is 0. The molecule has 0 saturated heterocycles. The Labute approximate surface area is 94.1 Å². The van der Waals surface area contributed by atoms with Gasteiger partial charge in [0.05, 0.1) is 11.5 Å². The highest BCUT2D eigenvalue weighted by Gasteiger charge is 2.21. The molecule has 86 valence electrons. The number of nitrogens with zero attached hydrogens (tertiary/aromatic N) is 1. The van der Waals surface area contributed by atoms with Crippen LogP contribution < -0.4 is 5.32 Å². The zero-order valence-electron chi connectivity index (χ0n) is 10.3. The topological polar surface area (TPSA) is 35.8 Å². The van der Waals surface area contributed by atoms with E-state index in [0.717, 1.165) is 31.3 Å². The van der Waals surface area contributed by atoms with E-state index in [1.54, 1.807) is 0 Å². The monoisotopic (exact) mass is 208 g/mol. The van der Waals surface area contributed by atoms with Gasteiger partial charge in [-0.3, -0.25) is 0 Å². The van der Waals surface area contributed by atoms with E-state index in [1.165, 1.54) is 19.3 Å². The van der Waals surface area contributed by atoms with E-state index in [1.807, 2.05) is 13.8 Å².